The van der Waals surface area contributed by atoms with Crippen molar-refractivity contribution in [3.63, 3.8) is 0 Å². The Morgan fingerprint density at radius 3 is 1.87 bits per heavy atom. The quantitative estimate of drug-likeness (QED) is 0.259. The number of pyridine rings is 1. The third-order valence-electron chi connectivity index (χ3n) is 8.12. The van der Waals surface area contributed by atoms with Crippen LogP contribution in [0, 0.1) is 5.92 Å². The second-order valence-electron chi connectivity index (χ2n) is 11.3. The summed E-state index contributed by atoms with van der Waals surface area (Å²) in [5, 5.41) is 3.13. The number of nitrogens with one attached hydrogen (secondary N) is 1. The number of amides is 3. The highest BCUT2D eigenvalue weighted by Crippen LogP contribution is 2.42. The van der Waals surface area contributed by atoms with Gasteiger partial charge in [-0.3, -0.25) is 24.3 Å². The molecular weight excluding hydrogens is 494 g/mol. The topological polar surface area (TPSA) is 88.6 Å². The van der Waals surface area contributed by atoms with Gasteiger partial charge in [-0.2, -0.15) is 0 Å². The van der Waals surface area contributed by atoms with Gasteiger partial charge in [0.25, 0.3) is 11.8 Å². The largest absolute Gasteiger partial charge is 0.414 e. The number of imide groups is 1. The van der Waals surface area contributed by atoms with Crippen molar-refractivity contribution in [2.75, 3.05) is 6.61 Å². The predicted octanol–water partition coefficient (Wildman–Crippen LogP) is 6.14. The van der Waals surface area contributed by atoms with Crippen molar-refractivity contribution in [3.05, 3.63) is 65.5 Å². The zero-order chi connectivity index (χ0) is 28.2. The normalized spacial score (nSPS) is 16.2. The molecule has 1 aromatic heterocycles. The molecule has 2 heterocycles. The van der Waals surface area contributed by atoms with Crippen LogP contribution in [0.3, 0.4) is 0 Å². The number of aromatic nitrogens is 1. The summed E-state index contributed by atoms with van der Waals surface area (Å²) in [6.45, 7) is 17.5. The zero-order valence-electron chi connectivity index (χ0n) is 24.0. The molecule has 0 spiro atoms. The van der Waals surface area contributed by atoms with Crippen LogP contribution in [0.5, 0.6) is 0 Å². The molecular formula is C30H43N3O4Si. The summed E-state index contributed by atoms with van der Waals surface area (Å²) >= 11 is 0. The van der Waals surface area contributed by atoms with Gasteiger partial charge in [0.1, 0.15) is 6.04 Å². The van der Waals surface area contributed by atoms with Crippen LogP contribution in [0.2, 0.25) is 16.6 Å². The van der Waals surface area contributed by atoms with Gasteiger partial charge in [0, 0.05) is 6.20 Å². The number of fused-ring (bicyclic) bond motifs is 1. The van der Waals surface area contributed by atoms with Crippen LogP contribution in [0.4, 0.5) is 0 Å². The van der Waals surface area contributed by atoms with E-state index in [2.05, 4.69) is 51.8 Å². The molecule has 2 aromatic rings. The van der Waals surface area contributed by atoms with Crippen molar-refractivity contribution in [3.8, 4) is 0 Å². The molecule has 1 unspecified atom stereocenters. The Bertz CT molecular complexity index is 1080. The number of hydrogen-bond donors (Lipinski definition) is 1. The van der Waals surface area contributed by atoms with E-state index in [9.17, 15) is 14.4 Å². The van der Waals surface area contributed by atoms with E-state index in [0.29, 0.717) is 39.9 Å². The Morgan fingerprint density at radius 1 is 0.895 bits per heavy atom. The van der Waals surface area contributed by atoms with Gasteiger partial charge in [-0.05, 0) is 46.8 Å². The first-order valence-corrected chi connectivity index (χ1v) is 15.9. The maximum absolute atomic E-state index is 14.0. The van der Waals surface area contributed by atoms with E-state index in [0.717, 1.165) is 4.90 Å². The first-order chi connectivity index (χ1) is 18.0. The molecule has 0 radical (unpaired) electrons. The SMILES string of the molecule is CC[C@H](C)[C@@H](C(=O)NC(CO[Si](C(C)C)(C(C)C)C(C)C)c1ccccn1)N1C(=O)c2ccccc2C1=O. The third-order valence-corrected chi connectivity index (χ3v) is 14.2. The van der Waals surface area contributed by atoms with E-state index in [4.69, 9.17) is 4.43 Å². The van der Waals surface area contributed by atoms with Gasteiger partial charge in [0.2, 0.25) is 5.91 Å². The van der Waals surface area contributed by atoms with Gasteiger partial charge < -0.3 is 9.74 Å². The molecule has 1 aliphatic rings. The van der Waals surface area contributed by atoms with Crippen LogP contribution in [0.15, 0.2) is 48.7 Å². The van der Waals surface area contributed by atoms with Crippen LogP contribution in [0.1, 0.15) is 94.3 Å². The molecule has 3 amide bonds. The van der Waals surface area contributed by atoms with Crippen LogP contribution in [0.25, 0.3) is 0 Å². The molecule has 7 nitrogen and oxygen atoms in total. The van der Waals surface area contributed by atoms with E-state index in [1.807, 2.05) is 32.0 Å². The number of hydrogen-bond acceptors (Lipinski definition) is 5. The van der Waals surface area contributed by atoms with Crippen LogP contribution in [-0.2, 0) is 9.22 Å². The third kappa shape index (κ3) is 5.61. The highest BCUT2D eigenvalue weighted by atomic mass is 28.4. The number of rotatable bonds is 12. The predicted molar refractivity (Wildman–Crippen MR) is 152 cm³/mol. The molecule has 3 rings (SSSR count). The van der Waals surface area contributed by atoms with Crippen LogP contribution < -0.4 is 5.32 Å². The summed E-state index contributed by atoms with van der Waals surface area (Å²) in [4.78, 5) is 46.2. The second kappa shape index (κ2) is 12.3. The first kappa shape index (κ1) is 29.7. The summed E-state index contributed by atoms with van der Waals surface area (Å²) < 4.78 is 6.85. The molecule has 3 atom stereocenters. The number of carbonyl (C=O) groups excluding carboxylic acids is 3. The minimum Gasteiger partial charge on any atom is -0.414 e. The van der Waals surface area contributed by atoms with Gasteiger partial charge >= 0.3 is 0 Å². The lowest BCUT2D eigenvalue weighted by Gasteiger charge is -2.43. The summed E-state index contributed by atoms with van der Waals surface area (Å²) in [5.74, 6) is -1.47. The van der Waals surface area contributed by atoms with Crippen LogP contribution >= 0.6 is 0 Å². The van der Waals surface area contributed by atoms with Gasteiger partial charge in [-0.1, -0.05) is 80.0 Å². The Labute approximate surface area is 228 Å². The van der Waals surface area contributed by atoms with Crippen molar-refractivity contribution >= 4 is 26.0 Å². The van der Waals surface area contributed by atoms with Gasteiger partial charge in [-0.15, -0.1) is 0 Å². The lowest BCUT2D eigenvalue weighted by atomic mass is 9.96. The number of benzene rings is 1. The Morgan fingerprint density at radius 2 is 1.42 bits per heavy atom. The summed E-state index contributed by atoms with van der Waals surface area (Å²) in [6.07, 6.45) is 2.32. The van der Waals surface area contributed by atoms with E-state index in [1.54, 1.807) is 30.5 Å². The summed E-state index contributed by atoms with van der Waals surface area (Å²) in [5.41, 5.74) is 2.51. The lowest BCUT2D eigenvalue weighted by Crippen LogP contribution is -2.54. The molecule has 0 fully saturated rings. The second-order valence-corrected chi connectivity index (χ2v) is 16.8. The van der Waals surface area contributed by atoms with E-state index < -0.39 is 32.2 Å². The Balaban J connectivity index is 1.94. The van der Waals surface area contributed by atoms with Gasteiger partial charge in [-0.25, -0.2) is 0 Å². The fourth-order valence-corrected chi connectivity index (χ4v) is 11.5. The van der Waals surface area contributed by atoms with E-state index in [-0.39, 0.29) is 18.4 Å². The van der Waals surface area contributed by atoms with Crippen molar-refractivity contribution in [1.82, 2.24) is 15.2 Å². The standard InChI is InChI=1S/C30H43N3O4Si/c1-9-22(8)27(33-29(35)23-14-10-11-15-24(23)30(33)36)28(34)32-26(25-16-12-13-17-31-25)18-37-38(19(2)3,20(4)5)21(6)7/h10-17,19-22,26-27H,9,18H2,1-8H3,(H,32,34)/t22-,26?,27-/m0/s1. The average Bonchev–Trinajstić information content (AvgIpc) is 3.13. The highest BCUT2D eigenvalue weighted by Gasteiger charge is 2.47. The molecule has 1 N–H and O–H groups in total. The average molecular weight is 538 g/mol. The van der Waals surface area contributed by atoms with E-state index in [1.165, 1.54) is 0 Å². The van der Waals surface area contributed by atoms with Crippen LogP contribution in [-0.4, -0.2) is 48.6 Å². The molecule has 1 aliphatic heterocycles. The minimum absolute atomic E-state index is 0.238. The van der Waals surface area contributed by atoms with Crippen molar-refractivity contribution in [2.45, 2.75) is 90.5 Å². The molecule has 0 aliphatic carbocycles. The molecule has 0 saturated heterocycles. The summed E-state index contributed by atoms with van der Waals surface area (Å²) in [7, 11) is -2.22. The number of nitrogens with zero attached hydrogens (tertiary/aromatic N) is 2. The van der Waals surface area contributed by atoms with E-state index >= 15 is 0 Å². The monoisotopic (exact) mass is 537 g/mol. The fourth-order valence-electron chi connectivity index (χ4n) is 6.08. The molecule has 8 heteroatoms. The van der Waals surface area contributed by atoms with Crippen molar-refractivity contribution in [2.24, 2.45) is 5.92 Å². The van der Waals surface area contributed by atoms with Crippen molar-refractivity contribution < 1.29 is 18.8 Å². The van der Waals surface area contributed by atoms with Gasteiger partial charge in [0.05, 0.1) is 29.5 Å². The van der Waals surface area contributed by atoms with Gasteiger partial charge in [0.15, 0.2) is 8.32 Å². The molecule has 206 valence electrons. The lowest BCUT2D eigenvalue weighted by molar-refractivity contribution is -0.127. The molecule has 38 heavy (non-hydrogen) atoms. The Kier molecular flexibility index (Phi) is 9.65. The molecule has 1 aromatic carbocycles. The summed E-state index contributed by atoms with van der Waals surface area (Å²) in [6, 6.07) is 10.9. The highest BCUT2D eigenvalue weighted by molar-refractivity contribution is 6.77. The zero-order valence-corrected chi connectivity index (χ0v) is 25.0. The first-order valence-electron chi connectivity index (χ1n) is 13.8. The number of carbonyl (C=O) groups is 3. The minimum atomic E-state index is -2.22. The Hall–Kier alpha value is -2.84. The smallest absolute Gasteiger partial charge is 0.262 e. The fraction of sp³-hybridized carbons (Fsp3) is 0.533. The maximum Gasteiger partial charge on any atom is 0.262 e. The molecule has 0 bridgehead atoms. The molecule has 0 saturated carbocycles. The maximum atomic E-state index is 14.0. The van der Waals surface area contributed by atoms with Crippen molar-refractivity contribution in [1.29, 1.82) is 0 Å².